The molecule has 168 valence electrons. The first-order chi connectivity index (χ1) is 15.4. The van der Waals surface area contributed by atoms with Crippen LogP contribution in [0, 0.1) is 0 Å². The molecule has 0 heterocycles. The fraction of sp³-hybridized carbons (Fsp3) is 0.208. The Kier molecular flexibility index (Phi) is 8.47. The molecule has 0 radical (unpaired) electrons. The van der Waals surface area contributed by atoms with Gasteiger partial charge in [-0.1, -0.05) is 48.2 Å². The predicted molar refractivity (Wildman–Crippen MR) is 122 cm³/mol. The molecule has 32 heavy (non-hydrogen) atoms. The van der Waals surface area contributed by atoms with Crippen molar-refractivity contribution in [2.24, 2.45) is 0 Å². The summed E-state index contributed by atoms with van der Waals surface area (Å²) in [5.74, 6) is 0.0323. The zero-order valence-electron chi connectivity index (χ0n) is 17.8. The van der Waals surface area contributed by atoms with Gasteiger partial charge in [-0.2, -0.15) is 8.78 Å². The molecule has 1 N–H and O–H groups in total. The number of para-hydroxylation sites is 1. The van der Waals surface area contributed by atoms with Crippen LogP contribution >= 0.6 is 11.8 Å². The highest BCUT2D eigenvalue weighted by molar-refractivity contribution is 7.99. The van der Waals surface area contributed by atoms with Crippen LogP contribution in [-0.2, 0) is 11.3 Å². The van der Waals surface area contributed by atoms with Crippen molar-refractivity contribution in [1.29, 1.82) is 0 Å². The first kappa shape index (κ1) is 23.6. The molecular weight excluding hydrogens is 434 g/mol. The molecule has 0 aliphatic rings. The Morgan fingerprint density at radius 3 is 2.47 bits per heavy atom. The second-order valence-corrected chi connectivity index (χ2v) is 8.11. The van der Waals surface area contributed by atoms with E-state index >= 15 is 0 Å². The van der Waals surface area contributed by atoms with Crippen LogP contribution in [0.5, 0.6) is 11.5 Å². The number of benzene rings is 3. The SMILES string of the molecule is COc1cc(CN(C)CC(=O)Nc2ccccc2Sc2ccccc2)ccc1OC(F)F. The van der Waals surface area contributed by atoms with Gasteiger partial charge in [0.2, 0.25) is 5.91 Å². The first-order valence-electron chi connectivity index (χ1n) is 9.86. The third kappa shape index (κ3) is 6.96. The Morgan fingerprint density at radius 2 is 1.75 bits per heavy atom. The van der Waals surface area contributed by atoms with Gasteiger partial charge >= 0.3 is 6.61 Å². The fourth-order valence-electron chi connectivity index (χ4n) is 3.08. The van der Waals surface area contributed by atoms with Crippen molar-refractivity contribution < 1.29 is 23.0 Å². The van der Waals surface area contributed by atoms with E-state index in [4.69, 9.17) is 4.74 Å². The number of hydrogen-bond donors (Lipinski definition) is 1. The van der Waals surface area contributed by atoms with Crippen LogP contribution in [0.25, 0.3) is 0 Å². The van der Waals surface area contributed by atoms with Crippen LogP contribution in [0.4, 0.5) is 14.5 Å². The highest BCUT2D eigenvalue weighted by atomic mass is 32.2. The highest BCUT2D eigenvalue weighted by Gasteiger charge is 2.14. The zero-order valence-corrected chi connectivity index (χ0v) is 18.6. The number of carbonyl (C=O) groups is 1. The normalized spacial score (nSPS) is 10.9. The second kappa shape index (κ2) is 11.5. The number of alkyl halides is 2. The van der Waals surface area contributed by atoms with Crippen LogP contribution in [0.15, 0.2) is 82.6 Å². The number of amides is 1. The molecule has 3 aromatic rings. The van der Waals surface area contributed by atoms with E-state index in [1.165, 1.54) is 13.2 Å². The molecule has 3 aromatic carbocycles. The summed E-state index contributed by atoms with van der Waals surface area (Å²) in [5, 5.41) is 2.97. The molecule has 0 aliphatic heterocycles. The third-order valence-corrected chi connectivity index (χ3v) is 5.53. The summed E-state index contributed by atoms with van der Waals surface area (Å²) in [6.45, 7) is -2.34. The Balaban J connectivity index is 1.60. The Labute approximate surface area is 190 Å². The molecule has 0 saturated carbocycles. The van der Waals surface area contributed by atoms with Crippen LogP contribution in [0.1, 0.15) is 5.56 Å². The van der Waals surface area contributed by atoms with Crippen molar-refractivity contribution in [1.82, 2.24) is 4.90 Å². The third-order valence-electron chi connectivity index (χ3n) is 4.44. The maximum Gasteiger partial charge on any atom is 0.387 e. The number of likely N-dealkylation sites (N-methyl/N-ethyl adjacent to an activating group) is 1. The lowest BCUT2D eigenvalue weighted by molar-refractivity contribution is -0.117. The number of halogens is 2. The molecule has 5 nitrogen and oxygen atoms in total. The second-order valence-electron chi connectivity index (χ2n) is 7.00. The van der Waals surface area contributed by atoms with Crippen LogP contribution < -0.4 is 14.8 Å². The largest absolute Gasteiger partial charge is 0.493 e. The summed E-state index contributed by atoms with van der Waals surface area (Å²) in [4.78, 5) is 16.5. The lowest BCUT2D eigenvalue weighted by Gasteiger charge is -2.18. The van der Waals surface area contributed by atoms with E-state index in [9.17, 15) is 13.6 Å². The molecule has 0 fully saturated rings. The molecular formula is C24H24F2N2O3S. The number of rotatable bonds is 10. The van der Waals surface area contributed by atoms with E-state index in [1.54, 1.807) is 30.9 Å². The Hall–Kier alpha value is -3.10. The van der Waals surface area contributed by atoms with E-state index in [0.29, 0.717) is 6.54 Å². The monoisotopic (exact) mass is 458 g/mol. The number of carbonyl (C=O) groups excluding carboxylic acids is 1. The minimum absolute atomic E-state index is 0.0285. The van der Waals surface area contributed by atoms with Gasteiger partial charge in [0.1, 0.15) is 0 Å². The number of nitrogens with zero attached hydrogens (tertiary/aromatic N) is 1. The summed E-state index contributed by atoms with van der Waals surface area (Å²) in [6, 6.07) is 22.3. The summed E-state index contributed by atoms with van der Waals surface area (Å²) in [7, 11) is 3.19. The van der Waals surface area contributed by atoms with Gasteiger partial charge in [-0.25, -0.2) is 0 Å². The number of nitrogens with one attached hydrogen (secondary N) is 1. The van der Waals surface area contributed by atoms with Crippen LogP contribution in [-0.4, -0.2) is 38.1 Å². The summed E-state index contributed by atoms with van der Waals surface area (Å²) < 4.78 is 34.6. The van der Waals surface area contributed by atoms with Gasteiger partial charge in [-0.15, -0.1) is 0 Å². The molecule has 0 aromatic heterocycles. The Bertz CT molecular complexity index is 1030. The smallest absolute Gasteiger partial charge is 0.387 e. The lowest BCUT2D eigenvalue weighted by atomic mass is 10.2. The predicted octanol–water partition coefficient (Wildman–Crippen LogP) is 5.52. The van der Waals surface area contributed by atoms with Gasteiger partial charge in [0.25, 0.3) is 0 Å². The van der Waals surface area contributed by atoms with Gasteiger partial charge in [0.05, 0.1) is 19.3 Å². The topological polar surface area (TPSA) is 50.8 Å². The number of methoxy groups -OCH3 is 1. The number of hydrogen-bond acceptors (Lipinski definition) is 5. The molecule has 0 bridgehead atoms. The standard InChI is InChI=1S/C24H24F2N2O3S/c1-28(15-17-12-13-20(31-24(25)26)21(14-17)30-2)16-23(29)27-19-10-6-7-11-22(19)32-18-8-4-3-5-9-18/h3-14,24H,15-16H2,1-2H3,(H,27,29). The van der Waals surface area contributed by atoms with Gasteiger partial charge in [-0.05, 0) is 49.0 Å². The van der Waals surface area contributed by atoms with E-state index in [-0.39, 0.29) is 24.0 Å². The van der Waals surface area contributed by atoms with Gasteiger partial charge in [-0.3, -0.25) is 9.69 Å². The van der Waals surface area contributed by atoms with Gasteiger partial charge in [0.15, 0.2) is 11.5 Å². The average Bonchev–Trinajstić information content (AvgIpc) is 2.76. The van der Waals surface area contributed by atoms with E-state index < -0.39 is 6.61 Å². The lowest BCUT2D eigenvalue weighted by Crippen LogP contribution is -2.30. The summed E-state index contributed by atoms with van der Waals surface area (Å²) in [5.41, 5.74) is 1.55. The Morgan fingerprint density at radius 1 is 1.03 bits per heavy atom. The quantitative estimate of drug-likeness (QED) is 0.434. The van der Waals surface area contributed by atoms with Crippen molar-refractivity contribution in [2.75, 3.05) is 26.0 Å². The van der Waals surface area contributed by atoms with E-state index in [2.05, 4.69) is 10.1 Å². The van der Waals surface area contributed by atoms with Gasteiger partial charge < -0.3 is 14.8 Å². The molecule has 1 amide bonds. The van der Waals surface area contributed by atoms with Crippen molar-refractivity contribution in [3.05, 3.63) is 78.4 Å². The number of ether oxygens (including phenoxy) is 2. The molecule has 0 atom stereocenters. The van der Waals surface area contributed by atoms with E-state index in [0.717, 1.165) is 21.0 Å². The van der Waals surface area contributed by atoms with E-state index in [1.807, 2.05) is 59.5 Å². The summed E-state index contributed by atoms with van der Waals surface area (Å²) >= 11 is 1.58. The molecule has 0 saturated heterocycles. The maximum atomic E-state index is 12.6. The average molecular weight is 459 g/mol. The number of anilines is 1. The van der Waals surface area contributed by atoms with Crippen LogP contribution in [0.3, 0.4) is 0 Å². The molecule has 8 heteroatoms. The zero-order chi connectivity index (χ0) is 22.9. The van der Waals surface area contributed by atoms with Crippen molar-refractivity contribution in [2.45, 2.75) is 22.9 Å². The van der Waals surface area contributed by atoms with Crippen molar-refractivity contribution >= 4 is 23.4 Å². The van der Waals surface area contributed by atoms with Gasteiger partial charge in [0, 0.05) is 16.3 Å². The van der Waals surface area contributed by atoms with Crippen LogP contribution in [0.2, 0.25) is 0 Å². The molecule has 0 unspecified atom stereocenters. The summed E-state index contributed by atoms with van der Waals surface area (Å²) in [6.07, 6.45) is 0. The molecule has 3 rings (SSSR count). The highest BCUT2D eigenvalue weighted by Crippen LogP contribution is 2.33. The molecule has 0 aliphatic carbocycles. The minimum atomic E-state index is -2.93. The first-order valence-corrected chi connectivity index (χ1v) is 10.7. The fourth-order valence-corrected chi connectivity index (χ4v) is 4.00. The minimum Gasteiger partial charge on any atom is -0.493 e. The maximum absolute atomic E-state index is 12.6. The molecule has 0 spiro atoms. The van der Waals surface area contributed by atoms with Crippen molar-refractivity contribution in [3.63, 3.8) is 0 Å². The van der Waals surface area contributed by atoms with Crippen molar-refractivity contribution in [3.8, 4) is 11.5 Å².